The third-order valence-corrected chi connectivity index (χ3v) is 3.66. The first-order chi connectivity index (χ1) is 13.1. The van der Waals surface area contributed by atoms with Crippen molar-refractivity contribution in [2.75, 3.05) is 19.8 Å². The molecule has 0 radical (unpaired) electrons. The normalized spacial score (nSPS) is 11.3. The number of ether oxygens (including phenoxy) is 3. The van der Waals surface area contributed by atoms with E-state index >= 15 is 0 Å². The standard InChI is InChI=1S/C21H25NO5/c1-3-13-22-20(23)16(2)27-21(24)18-11-7-8-12-19(18)26-15-14-25-17-9-5-4-6-10-17/h4-12,16H,3,13-15H2,1-2H3,(H,22,23). The topological polar surface area (TPSA) is 73.9 Å². The summed E-state index contributed by atoms with van der Waals surface area (Å²) in [5.41, 5.74) is 0.271. The van der Waals surface area contributed by atoms with Crippen LogP contribution < -0.4 is 14.8 Å². The Morgan fingerprint density at radius 3 is 2.37 bits per heavy atom. The number of amides is 1. The number of nitrogens with one attached hydrogen (secondary N) is 1. The van der Waals surface area contributed by atoms with Crippen LogP contribution in [-0.2, 0) is 9.53 Å². The summed E-state index contributed by atoms with van der Waals surface area (Å²) in [5, 5.41) is 2.70. The molecule has 144 valence electrons. The highest BCUT2D eigenvalue weighted by molar-refractivity contribution is 5.94. The minimum atomic E-state index is -0.876. The summed E-state index contributed by atoms with van der Waals surface area (Å²) in [6.07, 6.45) is -0.0627. The van der Waals surface area contributed by atoms with Crippen molar-refractivity contribution in [3.05, 3.63) is 60.2 Å². The van der Waals surface area contributed by atoms with E-state index < -0.39 is 12.1 Å². The van der Waals surface area contributed by atoms with Gasteiger partial charge in [-0.15, -0.1) is 0 Å². The summed E-state index contributed by atoms with van der Waals surface area (Å²) in [7, 11) is 0. The molecule has 27 heavy (non-hydrogen) atoms. The molecular weight excluding hydrogens is 346 g/mol. The van der Waals surface area contributed by atoms with Crippen molar-refractivity contribution in [3.8, 4) is 11.5 Å². The maximum atomic E-state index is 12.4. The molecule has 0 aliphatic heterocycles. The molecule has 1 N–H and O–H groups in total. The second kappa shape index (κ2) is 10.9. The van der Waals surface area contributed by atoms with Crippen molar-refractivity contribution in [2.45, 2.75) is 26.4 Å². The van der Waals surface area contributed by atoms with E-state index in [-0.39, 0.29) is 18.1 Å². The Hall–Kier alpha value is -3.02. The molecule has 0 saturated heterocycles. The van der Waals surface area contributed by atoms with Crippen LogP contribution in [0.3, 0.4) is 0 Å². The molecule has 2 aromatic carbocycles. The number of carbonyl (C=O) groups is 2. The monoisotopic (exact) mass is 371 g/mol. The van der Waals surface area contributed by atoms with Crippen LogP contribution in [0.5, 0.6) is 11.5 Å². The van der Waals surface area contributed by atoms with Gasteiger partial charge >= 0.3 is 5.97 Å². The number of hydrogen-bond acceptors (Lipinski definition) is 5. The van der Waals surface area contributed by atoms with Crippen molar-refractivity contribution in [2.24, 2.45) is 0 Å². The Morgan fingerprint density at radius 2 is 1.63 bits per heavy atom. The van der Waals surface area contributed by atoms with Crippen molar-refractivity contribution >= 4 is 11.9 Å². The third-order valence-electron chi connectivity index (χ3n) is 3.66. The van der Waals surface area contributed by atoms with Crippen LogP contribution in [0.4, 0.5) is 0 Å². The van der Waals surface area contributed by atoms with Crippen LogP contribution in [0.1, 0.15) is 30.6 Å². The van der Waals surface area contributed by atoms with E-state index in [0.717, 1.165) is 12.2 Å². The SMILES string of the molecule is CCCNC(=O)C(C)OC(=O)c1ccccc1OCCOc1ccccc1. The van der Waals surface area contributed by atoms with Crippen LogP contribution in [0.2, 0.25) is 0 Å². The van der Waals surface area contributed by atoms with Crippen LogP contribution in [0.15, 0.2) is 54.6 Å². The molecule has 0 aromatic heterocycles. The average Bonchev–Trinajstić information content (AvgIpc) is 2.70. The Kier molecular flexibility index (Phi) is 8.16. The number of benzene rings is 2. The molecule has 1 atom stereocenters. The molecule has 0 aliphatic rings. The van der Waals surface area contributed by atoms with Gasteiger partial charge in [0.1, 0.15) is 30.3 Å². The maximum absolute atomic E-state index is 12.4. The van der Waals surface area contributed by atoms with Crippen molar-refractivity contribution in [1.82, 2.24) is 5.32 Å². The lowest BCUT2D eigenvalue weighted by Gasteiger charge is -2.15. The van der Waals surface area contributed by atoms with E-state index in [2.05, 4.69) is 5.32 Å². The molecule has 6 nitrogen and oxygen atoms in total. The zero-order valence-corrected chi connectivity index (χ0v) is 15.6. The molecule has 0 bridgehead atoms. The second-order valence-corrected chi connectivity index (χ2v) is 5.84. The van der Waals surface area contributed by atoms with Gasteiger partial charge < -0.3 is 19.5 Å². The lowest BCUT2D eigenvalue weighted by Crippen LogP contribution is -2.36. The van der Waals surface area contributed by atoms with Gasteiger partial charge in [0.25, 0.3) is 5.91 Å². The number of esters is 1. The van der Waals surface area contributed by atoms with E-state index in [1.807, 2.05) is 37.3 Å². The number of rotatable bonds is 10. The summed E-state index contributed by atoms with van der Waals surface area (Å²) in [6, 6.07) is 16.2. The maximum Gasteiger partial charge on any atom is 0.342 e. The molecule has 0 heterocycles. The highest BCUT2D eigenvalue weighted by Crippen LogP contribution is 2.20. The Balaban J connectivity index is 1.88. The highest BCUT2D eigenvalue weighted by Gasteiger charge is 2.20. The van der Waals surface area contributed by atoms with Crippen molar-refractivity contribution in [3.63, 3.8) is 0 Å². The summed E-state index contributed by atoms with van der Waals surface area (Å²) in [5.74, 6) is 0.217. The van der Waals surface area contributed by atoms with Crippen LogP contribution in [0.25, 0.3) is 0 Å². The van der Waals surface area contributed by atoms with E-state index in [9.17, 15) is 9.59 Å². The van der Waals surface area contributed by atoms with E-state index in [1.165, 1.54) is 0 Å². The molecule has 2 rings (SSSR count). The van der Waals surface area contributed by atoms with Gasteiger partial charge in [0.05, 0.1) is 0 Å². The van der Waals surface area contributed by atoms with Gasteiger partial charge in [-0.05, 0) is 37.6 Å². The molecule has 6 heteroatoms. The van der Waals surface area contributed by atoms with Gasteiger partial charge in [-0.2, -0.15) is 0 Å². The van der Waals surface area contributed by atoms with Crippen LogP contribution in [0, 0.1) is 0 Å². The minimum Gasteiger partial charge on any atom is -0.490 e. The summed E-state index contributed by atoms with van der Waals surface area (Å²) < 4.78 is 16.5. The molecule has 0 saturated carbocycles. The summed E-state index contributed by atoms with van der Waals surface area (Å²) in [4.78, 5) is 24.3. The molecule has 0 fully saturated rings. The third kappa shape index (κ3) is 6.66. The first kappa shape index (κ1) is 20.3. The summed E-state index contributed by atoms with van der Waals surface area (Å²) in [6.45, 7) is 4.64. The zero-order chi connectivity index (χ0) is 19.5. The smallest absolute Gasteiger partial charge is 0.342 e. The predicted octanol–water partition coefficient (Wildman–Crippen LogP) is 3.22. The highest BCUT2D eigenvalue weighted by atomic mass is 16.6. The van der Waals surface area contributed by atoms with E-state index in [1.54, 1.807) is 31.2 Å². The second-order valence-electron chi connectivity index (χ2n) is 5.84. The molecule has 0 aliphatic carbocycles. The van der Waals surface area contributed by atoms with Gasteiger partial charge in [0, 0.05) is 6.54 Å². The quantitative estimate of drug-likeness (QED) is 0.513. The largest absolute Gasteiger partial charge is 0.490 e. The fourth-order valence-electron chi connectivity index (χ4n) is 2.26. The Bertz CT molecular complexity index is 732. The van der Waals surface area contributed by atoms with E-state index in [0.29, 0.717) is 18.9 Å². The minimum absolute atomic E-state index is 0.270. The lowest BCUT2D eigenvalue weighted by molar-refractivity contribution is -0.129. The Morgan fingerprint density at radius 1 is 0.963 bits per heavy atom. The Labute approximate surface area is 159 Å². The number of carbonyl (C=O) groups excluding carboxylic acids is 2. The molecule has 1 amide bonds. The summed E-state index contributed by atoms with van der Waals surface area (Å²) >= 11 is 0. The predicted molar refractivity (Wildman–Crippen MR) is 102 cm³/mol. The van der Waals surface area contributed by atoms with Gasteiger partial charge in [0.15, 0.2) is 6.10 Å². The lowest BCUT2D eigenvalue weighted by atomic mass is 10.2. The van der Waals surface area contributed by atoms with Gasteiger partial charge in [0.2, 0.25) is 0 Å². The fraction of sp³-hybridized carbons (Fsp3) is 0.333. The molecule has 1 unspecified atom stereocenters. The number of para-hydroxylation sites is 2. The first-order valence-corrected chi connectivity index (χ1v) is 9.00. The van der Waals surface area contributed by atoms with Crippen molar-refractivity contribution < 1.29 is 23.8 Å². The van der Waals surface area contributed by atoms with Gasteiger partial charge in [-0.25, -0.2) is 4.79 Å². The average molecular weight is 371 g/mol. The first-order valence-electron chi connectivity index (χ1n) is 9.00. The van der Waals surface area contributed by atoms with Gasteiger partial charge in [-0.3, -0.25) is 4.79 Å². The van der Waals surface area contributed by atoms with Crippen LogP contribution in [-0.4, -0.2) is 37.7 Å². The van der Waals surface area contributed by atoms with Gasteiger partial charge in [-0.1, -0.05) is 37.3 Å². The van der Waals surface area contributed by atoms with Crippen LogP contribution >= 0.6 is 0 Å². The molecular formula is C21H25NO5. The number of hydrogen-bond donors (Lipinski definition) is 1. The molecule has 0 spiro atoms. The van der Waals surface area contributed by atoms with E-state index in [4.69, 9.17) is 14.2 Å². The fourth-order valence-corrected chi connectivity index (χ4v) is 2.26. The van der Waals surface area contributed by atoms with Crippen molar-refractivity contribution in [1.29, 1.82) is 0 Å². The molecule has 2 aromatic rings. The zero-order valence-electron chi connectivity index (χ0n) is 15.6.